The molecule has 8 nitrogen and oxygen atoms in total. The molecule has 6 N–H and O–H groups in total. The van der Waals surface area contributed by atoms with Crippen LogP contribution >= 0.6 is 0 Å². The van der Waals surface area contributed by atoms with Gasteiger partial charge in [-0.15, -0.1) is 0 Å². The predicted octanol–water partition coefficient (Wildman–Crippen LogP) is 1.06. The number of hydrogen-bond acceptors (Lipinski definition) is 8. The lowest BCUT2D eigenvalue weighted by atomic mass is 9.48. The Bertz CT molecular complexity index is 1020. The minimum atomic E-state index is -1.97. The fourth-order valence-corrected chi connectivity index (χ4v) is 9.69. The number of nitrogens with zero attached hydrogens (tertiary/aromatic N) is 1. The second kappa shape index (κ2) is 10.4. The summed E-state index contributed by atoms with van der Waals surface area (Å²) in [7, 11) is 0. The molecule has 0 amide bonds. The van der Waals surface area contributed by atoms with Gasteiger partial charge in [0.05, 0.1) is 30.1 Å². The van der Waals surface area contributed by atoms with Gasteiger partial charge in [-0.25, -0.2) is 0 Å². The van der Waals surface area contributed by atoms with Crippen molar-refractivity contribution >= 4 is 11.6 Å². The number of rotatable bonds is 4. The monoisotopic (exact) mass is 542 g/mol. The topological polar surface area (TPSA) is 144 Å². The lowest BCUT2D eigenvalue weighted by Gasteiger charge is -2.59. The van der Waals surface area contributed by atoms with Gasteiger partial charge in [0.15, 0.2) is 0 Å². The fraction of sp³-hybridized carbons (Fsp3) is 0.806. The van der Waals surface area contributed by atoms with E-state index >= 15 is 0 Å². The molecule has 6 aliphatic rings. The standard InChI is InChI=1S/C31H46N2O6/c1-16(32)25-24(35)14-20-12-19-13-22-21(18-6-4-5-17(11-18)15-33-9-2-3-10-33)7-8-23(34)27(22)28(36)26(19)30(38)31(20,39)29(25)37/h4,6-8,16-23,25-27,29-30,34,37-39H,2-3,5,9-15,32H2,1H3/t16?,17?,18?,19-,20+,21?,22?,23?,25?,26?,27?,29?,30?,31-/m1/s1. The average Bonchev–Trinajstić information content (AvgIpc) is 3.39. The van der Waals surface area contributed by atoms with Gasteiger partial charge >= 0.3 is 0 Å². The molecular weight excluding hydrogens is 496 g/mol. The Morgan fingerprint density at radius 1 is 1.03 bits per heavy atom. The maximum atomic E-state index is 14.1. The van der Waals surface area contributed by atoms with Crippen LogP contribution in [0.2, 0.25) is 0 Å². The van der Waals surface area contributed by atoms with Crippen molar-refractivity contribution in [3.05, 3.63) is 24.3 Å². The number of aliphatic hydroxyl groups is 4. The van der Waals surface area contributed by atoms with Crippen molar-refractivity contribution < 1.29 is 30.0 Å². The highest BCUT2D eigenvalue weighted by molar-refractivity contribution is 5.88. The maximum absolute atomic E-state index is 14.1. The lowest BCUT2D eigenvalue weighted by molar-refractivity contribution is -0.249. The van der Waals surface area contributed by atoms with E-state index in [1.54, 1.807) is 13.0 Å². The molecule has 39 heavy (non-hydrogen) atoms. The second-order valence-corrected chi connectivity index (χ2v) is 13.8. The molecule has 216 valence electrons. The number of hydrogen-bond donors (Lipinski definition) is 5. The van der Waals surface area contributed by atoms with Crippen molar-refractivity contribution in [2.75, 3.05) is 19.6 Å². The molecule has 6 rings (SSSR count). The van der Waals surface area contributed by atoms with Crippen LogP contribution in [0, 0.1) is 53.3 Å². The molecule has 8 heteroatoms. The molecule has 5 aliphatic carbocycles. The number of allylic oxidation sites excluding steroid dienone is 3. The van der Waals surface area contributed by atoms with Gasteiger partial charge in [0.2, 0.25) is 0 Å². The molecule has 0 radical (unpaired) electrons. The van der Waals surface area contributed by atoms with E-state index in [0.717, 1.165) is 19.4 Å². The average molecular weight is 543 g/mol. The molecule has 1 heterocycles. The molecular formula is C31H46N2O6. The Balaban J connectivity index is 1.25. The first-order valence-electron chi connectivity index (χ1n) is 15.3. The number of ketones is 2. The third kappa shape index (κ3) is 4.50. The van der Waals surface area contributed by atoms with E-state index in [4.69, 9.17) is 5.73 Å². The largest absolute Gasteiger partial charge is 0.389 e. The Morgan fingerprint density at radius 3 is 2.49 bits per heavy atom. The van der Waals surface area contributed by atoms with Crippen molar-refractivity contribution in [2.24, 2.45) is 59.0 Å². The number of fused-ring (bicyclic) bond motifs is 3. The van der Waals surface area contributed by atoms with Crippen molar-refractivity contribution in [1.29, 1.82) is 0 Å². The molecule has 14 atom stereocenters. The summed E-state index contributed by atoms with van der Waals surface area (Å²) in [6, 6.07) is -0.683. The van der Waals surface area contributed by atoms with Crippen LogP contribution in [0.15, 0.2) is 24.3 Å². The predicted molar refractivity (Wildman–Crippen MR) is 145 cm³/mol. The van der Waals surface area contributed by atoms with Crippen molar-refractivity contribution in [3.63, 3.8) is 0 Å². The first kappa shape index (κ1) is 27.7. The van der Waals surface area contributed by atoms with E-state index in [-0.39, 0.29) is 35.7 Å². The SMILES string of the molecule is CC(N)C1C(=O)C[C@@H]2C[C@@H]3CC4C(C5C=CCC(CN6CCCC6)C5)C=CC(O)C4C(=O)C3C(O)[C@]2(O)C1O. The normalized spacial score (nSPS) is 50.8. The minimum Gasteiger partial charge on any atom is -0.389 e. The van der Waals surface area contributed by atoms with Crippen LogP contribution in [0.3, 0.4) is 0 Å². The summed E-state index contributed by atoms with van der Waals surface area (Å²) < 4.78 is 0. The quantitative estimate of drug-likeness (QED) is 0.332. The number of aliphatic hydroxyl groups excluding tert-OH is 3. The number of carbonyl (C=O) groups is 2. The highest BCUT2D eigenvalue weighted by Crippen LogP contribution is 2.57. The molecule has 4 fully saturated rings. The Hall–Kier alpha value is -1.42. The van der Waals surface area contributed by atoms with Crippen LogP contribution in [0.25, 0.3) is 0 Å². The zero-order valence-corrected chi connectivity index (χ0v) is 23.0. The fourth-order valence-electron chi connectivity index (χ4n) is 9.69. The van der Waals surface area contributed by atoms with Gasteiger partial charge < -0.3 is 31.1 Å². The summed E-state index contributed by atoms with van der Waals surface area (Å²) in [4.78, 5) is 29.6. The van der Waals surface area contributed by atoms with Crippen LogP contribution in [0.1, 0.15) is 51.9 Å². The molecule has 0 aromatic carbocycles. The Labute approximate surface area is 231 Å². The van der Waals surface area contributed by atoms with Crippen LogP contribution < -0.4 is 5.73 Å². The number of nitrogens with two attached hydrogens (primary N) is 1. The third-order valence-electron chi connectivity index (χ3n) is 11.5. The highest BCUT2D eigenvalue weighted by atomic mass is 16.4. The zero-order valence-electron chi connectivity index (χ0n) is 23.0. The Morgan fingerprint density at radius 2 is 1.77 bits per heavy atom. The molecule has 0 aromatic rings. The Kier molecular flexibility index (Phi) is 7.43. The van der Waals surface area contributed by atoms with Crippen LogP contribution in [-0.4, -0.2) is 86.5 Å². The van der Waals surface area contributed by atoms with Crippen LogP contribution in [-0.2, 0) is 9.59 Å². The van der Waals surface area contributed by atoms with Gasteiger partial charge in [0.25, 0.3) is 0 Å². The second-order valence-electron chi connectivity index (χ2n) is 13.8. The van der Waals surface area contributed by atoms with E-state index in [1.807, 2.05) is 0 Å². The first-order chi connectivity index (χ1) is 18.6. The van der Waals surface area contributed by atoms with Crippen LogP contribution in [0.4, 0.5) is 0 Å². The third-order valence-corrected chi connectivity index (χ3v) is 11.5. The van der Waals surface area contributed by atoms with Gasteiger partial charge in [0.1, 0.15) is 17.2 Å². The summed E-state index contributed by atoms with van der Waals surface area (Å²) >= 11 is 0. The smallest absolute Gasteiger partial charge is 0.145 e. The van der Waals surface area contributed by atoms with E-state index < -0.39 is 53.6 Å². The van der Waals surface area contributed by atoms with E-state index in [1.165, 1.54) is 25.9 Å². The van der Waals surface area contributed by atoms with E-state index in [9.17, 15) is 30.0 Å². The maximum Gasteiger partial charge on any atom is 0.145 e. The van der Waals surface area contributed by atoms with Gasteiger partial charge in [-0.2, -0.15) is 0 Å². The molecule has 3 saturated carbocycles. The van der Waals surface area contributed by atoms with Gasteiger partial charge in [0, 0.05) is 24.9 Å². The van der Waals surface area contributed by atoms with Crippen molar-refractivity contribution in [2.45, 2.75) is 81.8 Å². The summed E-state index contributed by atoms with van der Waals surface area (Å²) in [5, 5.41) is 45.4. The van der Waals surface area contributed by atoms with Crippen molar-refractivity contribution in [1.82, 2.24) is 4.90 Å². The lowest BCUT2D eigenvalue weighted by Crippen LogP contribution is -2.72. The summed E-state index contributed by atoms with van der Waals surface area (Å²) in [5.41, 5.74) is 4.02. The van der Waals surface area contributed by atoms with Gasteiger partial charge in [-0.3, -0.25) is 9.59 Å². The van der Waals surface area contributed by atoms with Gasteiger partial charge in [-0.1, -0.05) is 24.3 Å². The molecule has 0 bridgehead atoms. The molecule has 1 aliphatic heterocycles. The number of Topliss-reactive ketones (excluding diaryl/α,β-unsaturated/α-hetero) is 2. The van der Waals surface area contributed by atoms with Crippen molar-refractivity contribution in [3.8, 4) is 0 Å². The molecule has 0 spiro atoms. The molecule has 11 unspecified atom stereocenters. The number of carbonyl (C=O) groups excluding carboxylic acids is 2. The van der Waals surface area contributed by atoms with Crippen LogP contribution in [0.5, 0.6) is 0 Å². The number of likely N-dealkylation sites (tertiary alicyclic amines) is 1. The summed E-state index contributed by atoms with van der Waals surface area (Å²) in [5.74, 6) is -2.80. The summed E-state index contributed by atoms with van der Waals surface area (Å²) in [6.45, 7) is 5.09. The molecule has 0 aromatic heterocycles. The minimum absolute atomic E-state index is 0.0395. The summed E-state index contributed by atoms with van der Waals surface area (Å²) in [6.07, 6.45) is 10.3. The van der Waals surface area contributed by atoms with Gasteiger partial charge in [-0.05, 0) is 94.0 Å². The van der Waals surface area contributed by atoms with E-state index in [0.29, 0.717) is 24.7 Å². The highest BCUT2D eigenvalue weighted by Gasteiger charge is 2.66. The van der Waals surface area contributed by atoms with E-state index in [2.05, 4.69) is 23.1 Å². The zero-order chi connectivity index (χ0) is 27.6. The first-order valence-corrected chi connectivity index (χ1v) is 15.3. The molecule has 1 saturated heterocycles.